The fourth-order valence-corrected chi connectivity index (χ4v) is 2.01. The molecule has 92 valence electrons. The molecular formula is C10H15N5O2. The number of hydrogen-bond acceptors (Lipinski definition) is 5. The summed E-state index contributed by atoms with van der Waals surface area (Å²) in [5.74, 6) is -0.138. The summed E-state index contributed by atoms with van der Waals surface area (Å²) in [4.78, 5) is 24.7. The molecule has 1 saturated heterocycles. The van der Waals surface area contributed by atoms with Gasteiger partial charge in [0.25, 0.3) is 0 Å². The number of imide groups is 1. The fraction of sp³-hybridized carbons (Fsp3) is 0.500. The highest BCUT2D eigenvalue weighted by Crippen LogP contribution is 2.24. The standard InChI is InChI=1S/C10H15N5O2/c1-3-7-10(17)12-8(16)5-15(7)9-6(11)4-14(2)13-9/h4,7H,3,5,11H2,1-2H3,(H,12,16,17). The van der Waals surface area contributed by atoms with Crippen LogP contribution >= 0.6 is 0 Å². The molecule has 0 bridgehead atoms. The number of carbonyl (C=O) groups is 2. The topological polar surface area (TPSA) is 93.2 Å². The first-order chi connectivity index (χ1) is 8.02. The average Bonchev–Trinajstić information content (AvgIpc) is 2.56. The normalized spacial score (nSPS) is 20.6. The monoisotopic (exact) mass is 237 g/mol. The number of carbonyl (C=O) groups excluding carboxylic acids is 2. The number of hydrogen-bond donors (Lipinski definition) is 2. The Bertz CT molecular complexity index is 467. The number of nitrogens with zero attached hydrogens (tertiary/aromatic N) is 3. The summed E-state index contributed by atoms with van der Waals surface area (Å²) in [5, 5.41) is 6.50. The summed E-state index contributed by atoms with van der Waals surface area (Å²) in [6.07, 6.45) is 2.24. The van der Waals surface area contributed by atoms with Crippen LogP contribution in [0.25, 0.3) is 0 Å². The van der Waals surface area contributed by atoms with Crippen molar-refractivity contribution >= 4 is 23.3 Å². The Hall–Kier alpha value is -2.05. The van der Waals surface area contributed by atoms with Crippen LogP contribution in [0.1, 0.15) is 13.3 Å². The van der Waals surface area contributed by atoms with E-state index in [1.807, 2.05) is 6.92 Å². The summed E-state index contributed by atoms with van der Waals surface area (Å²) in [5.41, 5.74) is 6.28. The molecule has 2 amide bonds. The first-order valence-corrected chi connectivity index (χ1v) is 5.42. The minimum Gasteiger partial charge on any atom is -0.394 e. The molecular weight excluding hydrogens is 222 g/mol. The van der Waals surface area contributed by atoms with Gasteiger partial charge in [-0.3, -0.25) is 19.6 Å². The van der Waals surface area contributed by atoms with Crippen molar-refractivity contribution in [2.24, 2.45) is 7.05 Å². The molecule has 0 spiro atoms. The van der Waals surface area contributed by atoms with E-state index in [9.17, 15) is 9.59 Å². The van der Waals surface area contributed by atoms with Gasteiger partial charge in [0.2, 0.25) is 11.8 Å². The highest BCUT2D eigenvalue weighted by molar-refractivity contribution is 6.04. The number of piperazine rings is 1. The Balaban J connectivity index is 2.37. The van der Waals surface area contributed by atoms with Gasteiger partial charge in [0, 0.05) is 13.2 Å². The van der Waals surface area contributed by atoms with Gasteiger partial charge in [-0.25, -0.2) is 0 Å². The summed E-state index contributed by atoms with van der Waals surface area (Å²) in [6.45, 7) is 1.98. The van der Waals surface area contributed by atoms with Crippen molar-refractivity contribution < 1.29 is 9.59 Å². The molecule has 7 heteroatoms. The van der Waals surface area contributed by atoms with E-state index in [1.165, 1.54) is 0 Å². The van der Waals surface area contributed by atoms with Crippen LogP contribution in [-0.4, -0.2) is 34.2 Å². The lowest BCUT2D eigenvalue weighted by molar-refractivity contribution is -0.132. The van der Waals surface area contributed by atoms with Gasteiger partial charge in [-0.15, -0.1) is 0 Å². The number of rotatable bonds is 2. The van der Waals surface area contributed by atoms with E-state index < -0.39 is 6.04 Å². The molecule has 3 N–H and O–H groups in total. The zero-order valence-electron chi connectivity index (χ0n) is 9.80. The predicted octanol–water partition coefficient (Wildman–Crippen LogP) is -0.756. The molecule has 0 aliphatic carbocycles. The third kappa shape index (κ3) is 1.95. The van der Waals surface area contributed by atoms with Gasteiger partial charge in [-0.2, -0.15) is 5.10 Å². The Kier molecular flexibility index (Phi) is 2.74. The van der Waals surface area contributed by atoms with Crippen LogP contribution in [-0.2, 0) is 16.6 Å². The van der Waals surface area contributed by atoms with E-state index in [1.54, 1.807) is 22.8 Å². The lowest BCUT2D eigenvalue weighted by atomic mass is 10.1. The van der Waals surface area contributed by atoms with Gasteiger partial charge in [0.15, 0.2) is 5.82 Å². The zero-order chi connectivity index (χ0) is 12.6. The maximum Gasteiger partial charge on any atom is 0.249 e. The van der Waals surface area contributed by atoms with Crippen LogP contribution in [0, 0.1) is 0 Å². The molecule has 0 saturated carbocycles. The van der Waals surface area contributed by atoms with Crippen molar-refractivity contribution in [1.29, 1.82) is 0 Å². The van der Waals surface area contributed by atoms with Crippen LogP contribution in [0.2, 0.25) is 0 Å². The molecule has 1 atom stereocenters. The first-order valence-electron chi connectivity index (χ1n) is 5.42. The minimum absolute atomic E-state index is 0.103. The first kappa shape index (κ1) is 11.4. The molecule has 7 nitrogen and oxygen atoms in total. The minimum atomic E-state index is -0.398. The van der Waals surface area contributed by atoms with Gasteiger partial charge < -0.3 is 10.6 Å². The number of nitrogen functional groups attached to an aromatic ring is 1. The molecule has 2 heterocycles. The second-order valence-electron chi connectivity index (χ2n) is 4.05. The molecule has 2 rings (SSSR count). The van der Waals surface area contributed by atoms with Crippen molar-refractivity contribution in [1.82, 2.24) is 15.1 Å². The third-order valence-electron chi connectivity index (χ3n) is 2.75. The molecule has 1 aromatic rings. The van der Waals surface area contributed by atoms with E-state index in [4.69, 9.17) is 5.73 Å². The Morgan fingerprint density at radius 1 is 1.59 bits per heavy atom. The van der Waals surface area contributed by atoms with Crippen molar-refractivity contribution in [3.63, 3.8) is 0 Å². The quantitative estimate of drug-likeness (QED) is 0.660. The third-order valence-corrected chi connectivity index (χ3v) is 2.75. The van der Waals surface area contributed by atoms with Gasteiger partial charge in [-0.1, -0.05) is 6.92 Å². The molecule has 1 aliphatic rings. The van der Waals surface area contributed by atoms with E-state index in [0.29, 0.717) is 17.9 Å². The number of anilines is 2. The summed E-state index contributed by atoms with van der Waals surface area (Å²) in [7, 11) is 1.74. The van der Waals surface area contributed by atoms with E-state index in [-0.39, 0.29) is 18.4 Å². The SMILES string of the molecule is CCC1C(=O)NC(=O)CN1c1nn(C)cc1N. The summed E-state index contributed by atoms with van der Waals surface area (Å²) in [6, 6.07) is -0.398. The predicted molar refractivity (Wildman–Crippen MR) is 62.2 cm³/mol. The van der Waals surface area contributed by atoms with E-state index in [2.05, 4.69) is 10.4 Å². The zero-order valence-corrected chi connectivity index (χ0v) is 9.80. The second kappa shape index (κ2) is 4.08. The highest BCUT2D eigenvalue weighted by Gasteiger charge is 2.34. The Morgan fingerprint density at radius 2 is 2.29 bits per heavy atom. The molecule has 1 aliphatic heterocycles. The summed E-state index contributed by atoms with van der Waals surface area (Å²) >= 11 is 0. The van der Waals surface area contributed by atoms with Crippen molar-refractivity contribution in [2.45, 2.75) is 19.4 Å². The molecule has 1 aromatic heterocycles. The van der Waals surface area contributed by atoms with Crippen LogP contribution in [0.4, 0.5) is 11.5 Å². The van der Waals surface area contributed by atoms with Gasteiger partial charge in [-0.05, 0) is 6.42 Å². The van der Waals surface area contributed by atoms with Crippen LogP contribution in [0.3, 0.4) is 0 Å². The lowest BCUT2D eigenvalue weighted by Crippen LogP contribution is -2.58. The molecule has 0 aromatic carbocycles. The average molecular weight is 237 g/mol. The number of nitrogens with one attached hydrogen (secondary N) is 1. The lowest BCUT2D eigenvalue weighted by Gasteiger charge is -2.33. The smallest absolute Gasteiger partial charge is 0.249 e. The molecule has 1 unspecified atom stereocenters. The largest absolute Gasteiger partial charge is 0.394 e. The Morgan fingerprint density at radius 3 is 2.82 bits per heavy atom. The van der Waals surface area contributed by atoms with Crippen molar-refractivity contribution in [3.8, 4) is 0 Å². The number of aromatic nitrogens is 2. The van der Waals surface area contributed by atoms with E-state index >= 15 is 0 Å². The number of amides is 2. The van der Waals surface area contributed by atoms with Crippen molar-refractivity contribution in [2.75, 3.05) is 17.2 Å². The molecule has 17 heavy (non-hydrogen) atoms. The number of aryl methyl sites for hydroxylation is 1. The summed E-state index contributed by atoms with van der Waals surface area (Å²) < 4.78 is 1.56. The molecule has 1 fully saturated rings. The van der Waals surface area contributed by atoms with Crippen LogP contribution in [0.5, 0.6) is 0 Å². The fourth-order valence-electron chi connectivity index (χ4n) is 2.01. The van der Waals surface area contributed by atoms with Crippen LogP contribution < -0.4 is 16.0 Å². The molecule has 0 radical (unpaired) electrons. The number of nitrogens with two attached hydrogens (primary N) is 1. The maximum absolute atomic E-state index is 11.7. The van der Waals surface area contributed by atoms with Crippen LogP contribution in [0.15, 0.2) is 6.20 Å². The highest BCUT2D eigenvalue weighted by atomic mass is 16.2. The van der Waals surface area contributed by atoms with Gasteiger partial charge >= 0.3 is 0 Å². The second-order valence-corrected chi connectivity index (χ2v) is 4.05. The van der Waals surface area contributed by atoms with E-state index in [0.717, 1.165) is 0 Å². The maximum atomic E-state index is 11.7. The Labute approximate surface area is 98.6 Å². The van der Waals surface area contributed by atoms with Crippen molar-refractivity contribution in [3.05, 3.63) is 6.20 Å². The van der Waals surface area contributed by atoms with Gasteiger partial charge in [0.05, 0.1) is 12.2 Å². The van der Waals surface area contributed by atoms with Gasteiger partial charge in [0.1, 0.15) is 6.04 Å².